The summed E-state index contributed by atoms with van der Waals surface area (Å²) < 4.78 is 0. The van der Waals surface area contributed by atoms with E-state index in [1.54, 1.807) is 6.07 Å². The lowest BCUT2D eigenvalue weighted by molar-refractivity contribution is -0.123. The number of aliphatic hydroxyl groups is 2. The summed E-state index contributed by atoms with van der Waals surface area (Å²) in [7, 11) is 0. The summed E-state index contributed by atoms with van der Waals surface area (Å²) in [4.78, 5) is 13.4. The summed E-state index contributed by atoms with van der Waals surface area (Å²) in [5.74, 6) is -0.549. The molecule has 0 radical (unpaired) electrons. The number of aliphatic hydroxyl groups excluding tert-OH is 2. The quantitative estimate of drug-likeness (QED) is 0.306. The van der Waals surface area contributed by atoms with Crippen molar-refractivity contribution in [1.29, 1.82) is 0 Å². The molecule has 1 aliphatic rings. The SMILES string of the molecule is CC=C(Cl)C=CCC1(N)C(CC(C)(C)C)NC(C(=O)NCCC(O)CO)C1c1cccc(Cl)c1. The molecule has 5 unspecified atom stereocenters. The van der Waals surface area contributed by atoms with Gasteiger partial charge in [-0.25, -0.2) is 0 Å². The van der Waals surface area contributed by atoms with Gasteiger partial charge in [0.1, 0.15) is 0 Å². The van der Waals surface area contributed by atoms with E-state index in [0.29, 0.717) is 16.5 Å². The highest BCUT2D eigenvalue weighted by Gasteiger charge is 2.55. The molecule has 1 heterocycles. The first-order chi connectivity index (χ1) is 15.9. The number of halogens is 2. The monoisotopic (exact) mass is 511 g/mol. The Morgan fingerprint density at radius 1 is 1.38 bits per heavy atom. The second-order valence-corrected chi connectivity index (χ2v) is 11.2. The van der Waals surface area contributed by atoms with E-state index >= 15 is 0 Å². The number of benzene rings is 1. The third-order valence-electron chi connectivity index (χ3n) is 6.26. The molecule has 5 atom stereocenters. The van der Waals surface area contributed by atoms with Crippen LogP contribution in [0.25, 0.3) is 0 Å². The van der Waals surface area contributed by atoms with Crippen molar-refractivity contribution in [2.75, 3.05) is 13.2 Å². The molecule has 8 heteroatoms. The van der Waals surface area contributed by atoms with Crippen LogP contribution in [0.2, 0.25) is 5.02 Å². The maximum absolute atomic E-state index is 13.4. The van der Waals surface area contributed by atoms with Gasteiger partial charge in [0.2, 0.25) is 5.91 Å². The van der Waals surface area contributed by atoms with E-state index in [0.717, 1.165) is 12.0 Å². The molecule has 1 fully saturated rings. The highest BCUT2D eigenvalue weighted by molar-refractivity contribution is 6.31. The Labute approximate surface area is 213 Å². The smallest absolute Gasteiger partial charge is 0.237 e. The molecule has 6 nitrogen and oxygen atoms in total. The fourth-order valence-electron chi connectivity index (χ4n) is 4.59. The largest absolute Gasteiger partial charge is 0.394 e. The van der Waals surface area contributed by atoms with Crippen LogP contribution in [0.1, 0.15) is 58.4 Å². The van der Waals surface area contributed by atoms with E-state index < -0.39 is 17.7 Å². The molecule has 0 aliphatic carbocycles. The standard InChI is InChI=1S/C26H39Cl2N3O3/c1-5-18(27)10-7-12-26(29)21(15-25(2,3)4)31-23(24(34)30-13-11-20(33)16-32)22(26)17-8-6-9-19(28)14-17/h5-10,14,20-23,31-33H,11-13,15-16,29H2,1-4H3,(H,30,34). The van der Waals surface area contributed by atoms with Gasteiger partial charge in [-0.2, -0.15) is 0 Å². The number of carbonyl (C=O) groups is 1. The van der Waals surface area contributed by atoms with Crippen LogP contribution in [0, 0.1) is 5.41 Å². The molecule has 34 heavy (non-hydrogen) atoms. The van der Waals surface area contributed by atoms with Gasteiger partial charge in [-0.3, -0.25) is 4.79 Å². The zero-order valence-corrected chi connectivity index (χ0v) is 22.0. The second kappa shape index (κ2) is 12.5. The van der Waals surface area contributed by atoms with E-state index in [1.807, 2.05) is 43.4 Å². The number of rotatable bonds is 10. The predicted octanol–water partition coefficient (Wildman–Crippen LogP) is 3.85. The van der Waals surface area contributed by atoms with E-state index in [1.165, 1.54) is 0 Å². The molecule has 0 saturated carbocycles. The minimum atomic E-state index is -0.871. The number of hydrogen-bond donors (Lipinski definition) is 5. The van der Waals surface area contributed by atoms with Crippen molar-refractivity contribution in [3.63, 3.8) is 0 Å². The summed E-state index contributed by atoms with van der Waals surface area (Å²) >= 11 is 12.5. The summed E-state index contributed by atoms with van der Waals surface area (Å²) in [6.45, 7) is 8.23. The van der Waals surface area contributed by atoms with Crippen LogP contribution < -0.4 is 16.4 Å². The van der Waals surface area contributed by atoms with E-state index in [2.05, 4.69) is 31.4 Å². The van der Waals surface area contributed by atoms with Gasteiger partial charge < -0.3 is 26.6 Å². The van der Waals surface area contributed by atoms with Crippen molar-refractivity contribution in [2.45, 2.75) is 76.6 Å². The van der Waals surface area contributed by atoms with Gasteiger partial charge in [-0.05, 0) is 55.4 Å². The molecule has 0 bridgehead atoms. The van der Waals surface area contributed by atoms with Gasteiger partial charge >= 0.3 is 0 Å². The van der Waals surface area contributed by atoms with Crippen molar-refractivity contribution in [3.8, 4) is 0 Å². The van der Waals surface area contributed by atoms with Gasteiger partial charge in [0.05, 0.1) is 18.8 Å². The Morgan fingerprint density at radius 3 is 2.68 bits per heavy atom. The van der Waals surface area contributed by atoms with Gasteiger partial charge in [0, 0.05) is 34.1 Å². The van der Waals surface area contributed by atoms with Crippen molar-refractivity contribution < 1.29 is 15.0 Å². The number of carbonyl (C=O) groups excluding carboxylic acids is 1. The van der Waals surface area contributed by atoms with Crippen LogP contribution in [-0.4, -0.2) is 53.0 Å². The van der Waals surface area contributed by atoms with Crippen LogP contribution in [0.4, 0.5) is 0 Å². The van der Waals surface area contributed by atoms with Crippen LogP contribution in [0.15, 0.2) is 47.5 Å². The molecule has 1 aliphatic heterocycles. The van der Waals surface area contributed by atoms with E-state index in [9.17, 15) is 9.90 Å². The summed E-state index contributed by atoms with van der Waals surface area (Å²) in [6.07, 6.45) is 6.28. The maximum atomic E-state index is 13.4. The zero-order valence-electron chi connectivity index (χ0n) is 20.5. The van der Waals surface area contributed by atoms with Gasteiger partial charge in [0.25, 0.3) is 0 Å². The van der Waals surface area contributed by atoms with Crippen LogP contribution in [-0.2, 0) is 4.79 Å². The molecule has 1 aromatic rings. The summed E-state index contributed by atoms with van der Waals surface area (Å²) in [5, 5.41) is 26.3. The molecular weight excluding hydrogens is 473 g/mol. The van der Waals surface area contributed by atoms with Gasteiger partial charge in [0.15, 0.2) is 0 Å². The molecule has 1 aromatic carbocycles. The summed E-state index contributed by atoms with van der Waals surface area (Å²) in [5.41, 5.74) is 7.30. The highest BCUT2D eigenvalue weighted by Crippen LogP contribution is 2.44. The minimum Gasteiger partial charge on any atom is -0.394 e. The predicted molar refractivity (Wildman–Crippen MR) is 140 cm³/mol. The summed E-state index contributed by atoms with van der Waals surface area (Å²) in [6, 6.07) is 6.76. The number of amides is 1. The van der Waals surface area contributed by atoms with E-state index in [4.69, 9.17) is 34.0 Å². The average Bonchev–Trinajstić information content (AvgIpc) is 3.04. The zero-order chi connectivity index (χ0) is 25.5. The normalized spacial score (nSPS) is 26.7. The van der Waals surface area contributed by atoms with Crippen molar-refractivity contribution in [3.05, 3.63) is 58.1 Å². The fraction of sp³-hybridized carbons (Fsp3) is 0.577. The Bertz CT molecular complexity index is 884. The van der Waals surface area contributed by atoms with Crippen molar-refractivity contribution in [1.82, 2.24) is 10.6 Å². The van der Waals surface area contributed by atoms with Crippen LogP contribution >= 0.6 is 23.2 Å². The lowest BCUT2D eigenvalue weighted by Gasteiger charge is -2.38. The van der Waals surface area contributed by atoms with Crippen LogP contribution in [0.3, 0.4) is 0 Å². The first-order valence-electron chi connectivity index (χ1n) is 11.8. The molecule has 190 valence electrons. The highest BCUT2D eigenvalue weighted by atomic mass is 35.5. The fourth-order valence-corrected chi connectivity index (χ4v) is 4.88. The number of nitrogens with one attached hydrogen (secondary N) is 2. The molecule has 1 saturated heterocycles. The molecule has 6 N–H and O–H groups in total. The number of allylic oxidation sites excluding steroid dienone is 3. The van der Waals surface area contributed by atoms with Crippen molar-refractivity contribution in [2.24, 2.45) is 11.1 Å². The van der Waals surface area contributed by atoms with Gasteiger partial charge in [-0.15, -0.1) is 0 Å². The Kier molecular flexibility index (Phi) is 10.6. The molecule has 2 rings (SSSR count). The third-order valence-corrected chi connectivity index (χ3v) is 6.84. The Balaban J connectivity index is 2.46. The molecule has 1 amide bonds. The first kappa shape index (κ1) is 28.8. The Hall–Kier alpha value is -1.41. The lowest BCUT2D eigenvalue weighted by atomic mass is 9.70. The lowest BCUT2D eigenvalue weighted by Crippen LogP contribution is -2.54. The average molecular weight is 513 g/mol. The van der Waals surface area contributed by atoms with Crippen molar-refractivity contribution >= 4 is 29.1 Å². The topological polar surface area (TPSA) is 108 Å². The minimum absolute atomic E-state index is 0.0253. The third kappa shape index (κ3) is 7.80. The Morgan fingerprint density at radius 2 is 2.09 bits per heavy atom. The second-order valence-electron chi connectivity index (χ2n) is 10.3. The molecular formula is C26H39Cl2N3O3. The van der Waals surface area contributed by atoms with Crippen LogP contribution in [0.5, 0.6) is 0 Å². The van der Waals surface area contributed by atoms with Gasteiger partial charge in [-0.1, -0.05) is 68.3 Å². The number of hydrogen-bond acceptors (Lipinski definition) is 5. The van der Waals surface area contributed by atoms with E-state index in [-0.39, 0.29) is 42.9 Å². The number of nitrogens with two attached hydrogens (primary N) is 1. The first-order valence-corrected chi connectivity index (χ1v) is 12.5. The molecule has 0 aromatic heterocycles. The molecule has 0 spiro atoms. The maximum Gasteiger partial charge on any atom is 0.237 e.